The van der Waals surface area contributed by atoms with Crippen LogP contribution in [0.3, 0.4) is 0 Å². The van der Waals surface area contributed by atoms with Gasteiger partial charge in [-0.3, -0.25) is 0 Å². The van der Waals surface area contributed by atoms with Gasteiger partial charge < -0.3 is 9.30 Å². The predicted molar refractivity (Wildman–Crippen MR) is 55.3 cm³/mol. The first-order valence-corrected chi connectivity index (χ1v) is 5.56. The molecule has 0 radical (unpaired) electrons. The molecule has 14 heavy (non-hydrogen) atoms. The third-order valence-corrected chi connectivity index (χ3v) is 2.82. The lowest BCUT2D eigenvalue weighted by Gasteiger charge is -2.22. The van der Waals surface area contributed by atoms with Gasteiger partial charge in [-0.15, -0.1) is 11.6 Å². The van der Waals surface area contributed by atoms with Crippen molar-refractivity contribution in [2.45, 2.75) is 25.3 Å². The Kier molecular flexibility index (Phi) is 3.43. The number of ether oxygens (including phenoxy) is 1. The first-order chi connectivity index (χ1) is 6.88. The summed E-state index contributed by atoms with van der Waals surface area (Å²) in [7, 11) is 0. The van der Waals surface area contributed by atoms with Crippen LogP contribution in [0.25, 0.3) is 0 Å². The van der Waals surface area contributed by atoms with Gasteiger partial charge in [0.25, 0.3) is 0 Å². The topological polar surface area (TPSA) is 27.1 Å². The molecule has 1 aromatic rings. The number of imidazole rings is 1. The molecule has 2 heterocycles. The van der Waals surface area contributed by atoms with Gasteiger partial charge in [-0.2, -0.15) is 0 Å². The second kappa shape index (κ2) is 4.80. The molecule has 1 aliphatic heterocycles. The zero-order valence-electron chi connectivity index (χ0n) is 8.16. The highest BCUT2D eigenvalue weighted by Gasteiger charge is 2.14. The van der Waals surface area contributed by atoms with Gasteiger partial charge in [0.2, 0.25) is 0 Å². The van der Waals surface area contributed by atoms with Crippen molar-refractivity contribution >= 4 is 11.6 Å². The van der Waals surface area contributed by atoms with Crippen molar-refractivity contribution in [2.75, 3.05) is 13.2 Å². The molecular formula is C10H15ClN2O. The number of halogens is 1. The molecule has 2 rings (SSSR count). The van der Waals surface area contributed by atoms with Gasteiger partial charge >= 0.3 is 0 Å². The van der Waals surface area contributed by atoms with Gasteiger partial charge in [0.1, 0.15) is 0 Å². The molecule has 0 aromatic carbocycles. The van der Waals surface area contributed by atoms with E-state index in [0.29, 0.717) is 11.8 Å². The zero-order chi connectivity index (χ0) is 9.80. The predicted octanol–water partition coefficient (Wildman–Crippen LogP) is 2.05. The van der Waals surface area contributed by atoms with Gasteiger partial charge in [0, 0.05) is 25.3 Å². The molecule has 1 aromatic heterocycles. The van der Waals surface area contributed by atoms with Crippen LogP contribution in [0.15, 0.2) is 12.5 Å². The molecule has 1 aliphatic rings. The lowest BCUT2D eigenvalue weighted by atomic mass is 10.0. The molecule has 78 valence electrons. The lowest BCUT2D eigenvalue weighted by Crippen LogP contribution is -2.21. The summed E-state index contributed by atoms with van der Waals surface area (Å²) in [5.41, 5.74) is 0.948. The van der Waals surface area contributed by atoms with E-state index in [9.17, 15) is 0 Å². The van der Waals surface area contributed by atoms with Crippen LogP contribution in [0.5, 0.6) is 0 Å². The van der Waals surface area contributed by atoms with Crippen LogP contribution in [0.4, 0.5) is 0 Å². The Balaban J connectivity index is 1.89. The summed E-state index contributed by atoms with van der Waals surface area (Å²) in [5.74, 6) is 1.13. The molecule has 0 N–H and O–H groups in total. The van der Waals surface area contributed by atoms with Gasteiger partial charge in [-0.05, 0) is 12.8 Å². The Morgan fingerprint density at radius 1 is 1.64 bits per heavy atom. The quantitative estimate of drug-likeness (QED) is 0.721. The minimum absolute atomic E-state index is 0.494. The molecule has 0 aliphatic carbocycles. The summed E-state index contributed by atoms with van der Waals surface area (Å²) >= 11 is 5.68. The van der Waals surface area contributed by atoms with E-state index in [1.165, 1.54) is 12.8 Å². The van der Waals surface area contributed by atoms with Crippen LogP contribution in [0, 0.1) is 5.92 Å². The number of rotatable bonds is 3. The molecule has 1 fully saturated rings. The van der Waals surface area contributed by atoms with Crippen LogP contribution in [-0.2, 0) is 17.2 Å². The Morgan fingerprint density at radius 3 is 3.21 bits per heavy atom. The number of alkyl halides is 1. The molecule has 0 amide bonds. The summed E-state index contributed by atoms with van der Waals surface area (Å²) in [6.07, 6.45) is 6.31. The fraction of sp³-hybridized carbons (Fsp3) is 0.700. The molecule has 0 spiro atoms. The Labute approximate surface area is 89.0 Å². The minimum Gasteiger partial charge on any atom is -0.381 e. The van der Waals surface area contributed by atoms with E-state index in [-0.39, 0.29) is 0 Å². The molecule has 1 saturated heterocycles. The highest BCUT2D eigenvalue weighted by atomic mass is 35.5. The molecule has 4 heteroatoms. The van der Waals surface area contributed by atoms with E-state index >= 15 is 0 Å². The van der Waals surface area contributed by atoms with Crippen molar-refractivity contribution in [3.05, 3.63) is 18.2 Å². The first-order valence-electron chi connectivity index (χ1n) is 5.03. The van der Waals surface area contributed by atoms with Gasteiger partial charge in [0.05, 0.1) is 24.5 Å². The normalized spacial score (nSPS) is 22.5. The Bertz CT molecular complexity index is 281. The van der Waals surface area contributed by atoms with Gasteiger partial charge in [0.15, 0.2) is 0 Å². The SMILES string of the molecule is ClCc1cn(CC2CCCOC2)cn1. The van der Waals surface area contributed by atoms with E-state index < -0.39 is 0 Å². The van der Waals surface area contributed by atoms with Crippen molar-refractivity contribution in [3.63, 3.8) is 0 Å². The summed E-state index contributed by atoms with van der Waals surface area (Å²) in [6.45, 7) is 2.81. The third-order valence-electron chi connectivity index (χ3n) is 2.55. The maximum Gasteiger partial charge on any atom is 0.0950 e. The average molecular weight is 215 g/mol. The van der Waals surface area contributed by atoms with E-state index in [0.717, 1.165) is 25.5 Å². The zero-order valence-corrected chi connectivity index (χ0v) is 8.91. The average Bonchev–Trinajstić information content (AvgIpc) is 2.67. The first kappa shape index (κ1) is 9.99. The van der Waals surface area contributed by atoms with Crippen molar-refractivity contribution in [3.8, 4) is 0 Å². The van der Waals surface area contributed by atoms with Crippen LogP contribution in [0.2, 0.25) is 0 Å². The monoisotopic (exact) mass is 214 g/mol. The summed E-state index contributed by atoms with van der Waals surface area (Å²) < 4.78 is 7.54. The molecule has 0 saturated carbocycles. The smallest absolute Gasteiger partial charge is 0.0950 e. The molecule has 0 bridgehead atoms. The Hall–Kier alpha value is -0.540. The van der Waals surface area contributed by atoms with Crippen LogP contribution >= 0.6 is 11.6 Å². The van der Waals surface area contributed by atoms with E-state index in [2.05, 4.69) is 9.55 Å². The summed E-state index contributed by atoms with van der Waals surface area (Å²) in [5, 5.41) is 0. The number of hydrogen-bond donors (Lipinski definition) is 0. The molecule has 1 atom stereocenters. The number of aromatic nitrogens is 2. The highest BCUT2D eigenvalue weighted by molar-refractivity contribution is 6.16. The van der Waals surface area contributed by atoms with E-state index in [1.54, 1.807) is 0 Å². The standard InChI is InChI=1S/C10H15ClN2O/c11-4-10-6-13(8-12-10)5-9-2-1-3-14-7-9/h6,8-9H,1-5,7H2. The highest BCUT2D eigenvalue weighted by Crippen LogP contribution is 2.15. The van der Waals surface area contributed by atoms with Crippen LogP contribution < -0.4 is 0 Å². The summed E-state index contributed by atoms with van der Waals surface area (Å²) in [4.78, 5) is 4.19. The van der Waals surface area contributed by atoms with Crippen molar-refractivity contribution in [2.24, 2.45) is 5.92 Å². The fourth-order valence-corrected chi connectivity index (χ4v) is 1.96. The van der Waals surface area contributed by atoms with Gasteiger partial charge in [-0.1, -0.05) is 0 Å². The third kappa shape index (κ3) is 2.49. The largest absolute Gasteiger partial charge is 0.381 e. The Morgan fingerprint density at radius 2 is 2.57 bits per heavy atom. The minimum atomic E-state index is 0.494. The fourth-order valence-electron chi connectivity index (χ4n) is 1.82. The number of hydrogen-bond acceptors (Lipinski definition) is 2. The maximum atomic E-state index is 5.68. The second-order valence-electron chi connectivity index (χ2n) is 3.78. The van der Waals surface area contributed by atoms with E-state index in [4.69, 9.17) is 16.3 Å². The van der Waals surface area contributed by atoms with Crippen molar-refractivity contribution in [1.82, 2.24) is 9.55 Å². The number of nitrogens with zero attached hydrogens (tertiary/aromatic N) is 2. The van der Waals surface area contributed by atoms with Crippen molar-refractivity contribution < 1.29 is 4.74 Å². The molecule has 1 unspecified atom stereocenters. The van der Waals surface area contributed by atoms with Crippen molar-refractivity contribution in [1.29, 1.82) is 0 Å². The van der Waals surface area contributed by atoms with Crippen LogP contribution in [-0.4, -0.2) is 22.8 Å². The second-order valence-corrected chi connectivity index (χ2v) is 4.05. The summed E-state index contributed by atoms with van der Waals surface area (Å²) in [6, 6.07) is 0. The lowest BCUT2D eigenvalue weighted by molar-refractivity contribution is 0.0483. The van der Waals surface area contributed by atoms with Crippen LogP contribution in [0.1, 0.15) is 18.5 Å². The van der Waals surface area contributed by atoms with Gasteiger partial charge in [-0.25, -0.2) is 4.98 Å². The molecule has 3 nitrogen and oxygen atoms in total. The van der Waals surface area contributed by atoms with E-state index in [1.807, 2.05) is 12.5 Å². The molecular weight excluding hydrogens is 200 g/mol. The maximum absolute atomic E-state index is 5.68.